The van der Waals surface area contributed by atoms with Crippen molar-refractivity contribution < 1.29 is 0 Å². The number of hydrogen-bond donors (Lipinski definition) is 0. The van der Waals surface area contributed by atoms with Crippen LogP contribution < -0.4 is 0 Å². The van der Waals surface area contributed by atoms with E-state index in [0.29, 0.717) is 0 Å². The standard InChI is InChI=1S/C16H12N2.C12H9Cl/c1-3-7-13(8-4-1)15-11-16(18-12-17-15)14-9-5-2-6-10-14;13-12-8-4-7-11(9-12)10-5-2-1-3-6-10/h1-12H;1-9H. The molecule has 5 rings (SSSR count). The van der Waals surface area contributed by atoms with E-state index in [4.69, 9.17) is 11.6 Å². The maximum atomic E-state index is 5.89. The average Bonchev–Trinajstić information content (AvgIpc) is 2.86. The second kappa shape index (κ2) is 10.3. The molecule has 0 bridgehead atoms. The first-order chi connectivity index (χ1) is 15.3. The summed E-state index contributed by atoms with van der Waals surface area (Å²) in [5.41, 5.74) is 6.47. The molecule has 0 radical (unpaired) electrons. The van der Waals surface area contributed by atoms with Gasteiger partial charge in [-0.2, -0.15) is 0 Å². The maximum absolute atomic E-state index is 5.89. The molecule has 0 N–H and O–H groups in total. The molecular weight excluding hydrogens is 400 g/mol. The zero-order valence-electron chi connectivity index (χ0n) is 16.9. The van der Waals surface area contributed by atoms with Crippen molar-refractivity contribution in [3.05, 3.63) is 133 Å². The van der Waals surface area contributed by atoms with Crippen molar-refractivity contribution in [1.29, 1.82) is 0 Å². The van der Waals surface area contributed by atoms with Crippen LogP contribution in [0.1, 0.15) is 0 Å². The largest absolute Gasteiger partial charge is 0.236 e. The van der Waals surface area contributed by atoms with Gasteiger partial charge in [0.25, 0.3) is 0 Å². The highest BCUT2D eigenvalue weighted by molar-refractivity contribution is 6.30. The third-order valence-corrected chi connectivity index (χ3v) is 4.97. The monoisotopic (exact) mass is 420 g/mol. The Morgan fingerprint density at radius 1 is 0.419 bits per heavy atom. The van der Waals surface area contributed by atoms with Gasteiger partial charge in [0.1, 0.15) is 6.33 Å². The molecule has 5 aromatic rings. The lowest BCUT2D eigenvalue weighted by atomic mass is 10.1. The van der Waals surface area contributed by atoms with Gasteiger partial charge >= 0.3 is 0 Å². The minimum Gasteiger partial charge on any atom is -0.236 e. The lowest BCUT2D eigenvalue weighted by Gasteiger charge is -2.03. The summed E-state index contributed by atoms with van der Waals surface area (Å²) in [4.78, 5) is 8.65. The smallest absolute Gasteiger partial charge is 0.116 e. The molecule has 4 aromatic carbocycles. The van der Waals surface area contributed by atoms with Crippen molar-refractivity contribution in [2.24, 2.45) is 0 Å². The molecule has 1 aromatic heterocycles. The van der Waals surface area contributed by atoms with E-state index in [9.17, 15) is 0 Å². The van der Waals surface area contributed by atoms with E-state index in [1.165, 1.54) is 5.56 Å². The van der Waals surface area contributed by atoms with Crippen LogP contribution in [-0.2, 0) is 0 Å². The summed E-state index contributed by atoms with van der Waals surface area (Å²) < 4.78 is 0. The molecule has 0 saturated heterocycles. The first-order valence-electron chi connectivity index (χ1n) is 10.0. The Balaban J connectivity index is 0.000000158. The predicted octanol–water partition coefficient (Wildman–Crippen LogP) is 7.82. The van der Waals surface area contributed by atoms with Crippen molar-refractivity contribution in [2.45, 2.75) is 0 Å². The third-order valence-electron chi connectivity index (χ3n) is 4.74. The van der Waals surface area contributed by atoms with Crippen LogP contribution >= 0.6 is 11.6 Å². The summed E-state index contributed by atoms with van der Waals surface area (Å²) in [5, 5.41) is 0.779. The normalized spacial score (nSPS) is 10.1. The fourth-order valence-electron chi connectivity index (χ4n) is 3.19. The summed E-state index contributed by atoms with van der Waals surface area (Å²) in [7, 11) is 0. The van der Waals surface area contributed by atoms with E-state index in [2.05, 4.69) is 52.4 Å². The molecule has 0 unspecified atom stereocenters. The van der Waals surface area contributed by atoms with Crippen molar-refractivity contribution in [3.63, 3.8) is 0 Å². The third kappa shape index (κ3) is 5.65. The second-order valence-corrected chi connectivity index (χ2v) is 7.33. The summed E-state index contributed by atoms with van der Waals surface area (Å²) >= 11 is 5.89. The summed E-state index contributed by atoms with van der Waals surface area (Å²) in [5.74, 6) is 0. The van der Waals surface area contributed by atoms with Crippen LogP contribution in [0.4, 0.5) is 0 Å². The fourth-order valence-corrected chi connectivity index (χ4v) is 3.38. The van der Waals surface area contributed by atoms with Gasteiger partial charge in [-0.25, -0.2) is 9.97 Å². The quantitative estimate of drug-likeness (QED) is 0.297. The van der Waals surface area contributed by atoms with Gasteiger partial charge in [-0.3, -0.25) is 0 Å². The van der Waals surface area contributed by atoms with Crippen LogP contribution in [-0.4, -0.2) is 9.97 Å². The van der Waals surface area contributed by atoms with Gasteiger partial charge in [-0.05, 0) is 29.3 Å². The van der Waals surface area contributed by atoms with Crippen molar-refractivity contribution in [3.8, 4) is 33.6 Å². The van der Waals surface area contributed by atoms with Gasteiger partial charge in [-0.1, -0.05) is 115 Å². The van der Waals surface area contributed by atoms with Gasteiger partial charge < -0.3 is 0 Å². The SMILES string of the molecule is Clc1cccc(-c2ccccc2)c1.c1ccc(-c2cc(-c3ccccc3)ncn2)cc1. The number of hydrogen-bond acceptors (Lipinski definition) is 2. The maximum Gasteiger partial charge on any atom is 0.116 e. The van der Waals surface area contributed by atoms with Crippen molar-refractivity contribution >= 4 is 11.6 Å². The van der Waals surface area contributed by atoms with Crippen LogP contribution in [0.3, 0.4) is 0 Å². The number of halogens is 1. The molecule has 2 nitrogen and oxygen atoms in total. The lowest BCUT2D eigenvalue weighted by Crippen LogP contribution is -1.88. The second-order valence-electron chi connectivity index (χ2n) is 6.90. The topological polar surface area (TPSA) is 25.8 Å². The van der Waals surface area contributed by atoms with Gasteiger partial charge in [0, 0.05) is 16.1 Å². The molecule has 0 aliphatic heterocycles. The fraction of sp³-hybridized carbons (Fsp3) is 0. The Morgan fingerprint density at radius 3 is 1.35 bits per heavy atom. The molecule has 1 heterocycles. The Morgan fingerprint density at radius 2 is 0.871 bits per heavy atom. The van der Waals surface area contributed by atoms with E-state index in [0.717, 1.165) is 33.1 Å². The van der Waals surface area contributed by atoms with E-state index in [-0.39, 0.29) is 0 Å². The molecule has 0 amide bonds. The molecule has 3 heteroatoms. The molecule has 0 aliphatic carbocycles. The highest BCUT2D eigenvalue weighted by Crippen LogP contribution is 2.23. The molecule has 0 saturated carbocycles. The van der Waals surface area contributed by atoms with E-state index in [1.54, 1.807) is 6.33 Å². The lowest BCUT2D eigenvalue weighted by molar-refractivity contribution is 1.18. The average molecular weight is 421 g/mol. The van der Waals surface area contributed by atoms with Gasteiger partial charge in [0.05, 0.1) is 11.4 Å². The Labute approximate surface area is 187 Å². The molecule has 31 heavy (non-hydrogen) atoms. The van der Waals surface area contributed by atoms with Crippen LogP contribution in [0, 0.1) is 0 Å². The summed E-state index contributed by atoms with van der Waals surface area (Å²) in [6, 6.07) is 40.4. The van der Waals surface area contributed by atoms with E-state index in [1.807, 2.05) is 78.9 Å². The molecule has 0 atom stereocenters. The van der Waals surface area contributed by atoms with Crippen molar-refractivity contribution in [2.75, 3.05) is 0 Å². The highest BCUT2D eigenvalue weighted by atomic mass is 35.5. The highest BCUT2D eigenvalue weighted by Gasteiger charge is 2.03. The van der Waals surface area contributed by atoms with E-state index >= 15 is 0 Å². The minimum atomic E-state index is 0.779. The number of nitrogens with zero attached hydrogens (tertiary/aromatic N) is 2. The summed E-state index contributed by atoms with van der Waals surface area (Å²) in [6.45, 7) is 0. The van der Waals surface area contributed by atoms with Gasteiger partial charge in [0.15, 0.2) is 0 Å². The number of aromatic nitrogens is 2. The Hall–Kier alpha value is -3.75. The first-order valence-corrected chi connectivity index (χ1v) is 10.4. The van der Waals surface area contributed by atoms with Crippen molar-refractivity contribution in [1.82, 2.24) is 9.97 Å². The Bertz CT molecular complexity index is 1170. The molecule has 0 fully saturated rings. The first kappa shape index (κ1) is 20.5. The minimum absolute atomic E-state index is 0.779. The molecule has 0 spiro atoms. The molecule has 150 valence electrons. The molecule has 0 aliphatic rings. The molecular formula is C28H21ClN2. The predicted molar refractivity (Wildman–Crippen MR) is 130 cm³/mol. The zero-order chi connectivity index (χ0) is 21.3. The van der Waals surface area contributed by atoms with Crippen LogP contribution in [0.5, 0.6) is 0 Å². The van der Waals surface area contributed by atoms with E-state index < -0.39 is 0 Å². The van der Waals surface area contributed by atoms with Crippen LogP contribution in [0.25, 0.3) is 33.6 Å². The van der Waals surface area contributed by atoms with Gasteiger partial charge in [0.2, 0.25) is 0 Å². The van der Waals surface area contributed by atoms with Gasteiger partial charge in [-0.15, -0.1) is 0 Å². The van der Waals surface area contributed by atoms with Crippen LogP contribution in [0.15, 0.2) is 128 Å². The zero-order valence-corrected chi connectivity index (χ0v) is 17.7. The Kier molecular flexibility index (Phi) is 6.84. The number of rotatable bonds is 3. The summed E-state index contributed by atoms with van der Waals surface area (Å²) in [6.07, 6.45) is 1.62. The van der Waals surface area contributed by atoms with Crippen LogP contribution in [0.2, 0.25) is 5.02 Å². The number of benzene rings is 4.